The van der Waals surface area contributed by atoms with Gasteiger partial charge < -0.3 is 4.74 Å². The fourth-order valence-electron chi connectivity index (χ4n) is 3.43. The predicted octanol–water partition coefficient (Wildman–Crippen LogP) is 2.80. The molecule has 0 spiro atoms. The van der Waals surface area contributed by atoms with Crippen molar-refractivity contribution in [3.8, 4) is 5.75 Å². The van der Waals surface area contributed by atoms with Gasteiger partial charge in [-0.1, -0.05) is 42.5 Å². The van der Waals surface area contributed by atoms with Gasteiger partial charge in [0, 0.05) is 12.0 Å². The molecule has 0 heterocycles. The SMILES string of the molecule is COc1ccccc1CC(NN)C1CCc2ccccc21. The van der Waals surface area contributed by atoms with Crippen molar-refractivity contribution in [2.45, 2.75) is 31.2 Å². The van der Waals surface area contributed by atoms with E-state index in [9.17, 15) is 0 Å². The molecule has 3 N–H and O–H groups in total. The van der Waals surface area contributed by atoms with E-state index < -0.39 is 0 Å². The minimum atomic E-state index is 0.227. The quantitative estimate of drug-likeness (QED) is 0.655. The fraction of sp³-hybridized carbons (Fsp3) is 0.333. The number of benzene rings is 2. The zero-order chi connectivity index (χ0) is 14.7. The lowest BCUT2D eigenvalue weighted by Gasteiger charge is -2.24. The maximum absolute atomic E-state index is 5.86. The highest BCUT2D eigenvalue weighted by atomic mass is 16.5. The molecule has 2 unspecified atom stereocenters. The van der Waals surface area contributed by atoms with E-state index in [4.69, 9.17) is 10.6 Å². The number of hydrazine groups is 1. The van der Waals surface area contributed by atoms with E-state index in [0.717, 1.165) is 25.0 Å². The van der Waals surface area contributed by atoms with Crippen LogP contribution in [0, 0.1) is 0 Å². The van der Waals surface area contributed by atoms with E-state index in [2.05, 4.69) is 35.8 Å². The molecule has 110 valence electrons. The molecule has 0 fully saturated rings. The van der Waals surface area contributed by atoms with Crippen LogP contribution in [0.3, 0.4) is 0 Å². The molecule has 0 saturated heterocycles. The minimum Gasteiger partial charge on any atom is -0.496 e. The van der Waals surface area contributed by atoms with Crippen LogP contribution in [0.4, 0.5) is 0 Å². The number of para-hydroxylation sites is 1. The summed E-state index contributed by atoms with van der Waals surface area (Å²) in [6.45, 7) is 0. The van der Waals surface area contributed by atoms with Crippen molar-refractivity contribution in [1.82, 2.24) is 5.43 Å². The van der Waals surface area contributed by atoms with E-state index in [1.807, 2.05) is 18.2 Å². The molecule has 21 heavy (non-hydrogen) atoms. The highest BCUT2D eigenvalue weighted by Crippen LogP contribution is 2.36. The molecule has 2 atom stereocenters. The molecule has 0 amide bonds. The van der Waals surface area contributed by atoms with Crippen LogP contribution in [-0.4, -0.2) is 13.2 Å². The number of ether oxygens (including phenoxy) is 1. The summed E-state index contributed by atoms with van der Waals surface area (Å²) in [6, 6.07) is 17.1. The largest absolute Gasteiger partial charge is 0.496 e. The zero-order valence-electron chi connectivity index (χ0n) is 12.4. The van der Waals surface area contributed by atoms with Crippen LogP contribution < -0.4 is 16.0 Å². The number of nitrogens with two attached hydrogens (primary N) is 1. The van der Waals surface area contributed by atoms with Crippen LogP contribution in [0.1, 0.15) is 29.0 Å². The summed E-state index contributed by atoms with van der Waals surface area (Å²) in [4.78, 5) is 0. The molecule has 2 aromatic carbocycles. The van der Waals surface area contributed by atoms with Crippen molar-refractivity contribution < 1.29 is 4.74 Å². The van der Waals surface area contributed by atoms with Gasteiger partial charge in [0.25, 0.3) is 0 Å². The summed E-state index contributed by atoms with van der Waals surface area (Å²) >= 11 is 0. The lowest BCUT2D eigenvalue weighted by Crippen LogP contribution is -2.40. The molecular formula is C18H22N2O. The third kappa shape index (κ3) is 2.80. The van der Waals surface area contributed by atoms with Crippen LogP contribution in [0.25, 0.3) is 0 Å². The van der Waals surface area contributed by atoms with E-state index in [0.29, 0.717) is 5.92 Å². The van der Waals surface area contributed by atoms with E-state index in [-0.39, 0.29) is 6.04 Å². The summed E-state index contributed by atoms with van der Waals surface area (Å²) in [7, 11) is 1.72. The molecule has 0 aromatic heterocycles. The maximum Gasteiger partial charge on any atom is 0.122 e. The first-order valence-electron chi connectivity index (χ1n) is 7.49. The van der Waals surface area contributed by atoms with Crippen LogP contribution >= 0.6 is 0 Å². The van der Waals surface area contributed by atoms with Crippen molar-refractivity contribution in [3.05, 3.63) is 65.2 Å². The van der Waals surface area contributed by atoms with Crippen LogP contribution in [0.15, 0.2) is 48.5 Å². The minimum absolute atomic E-state index is 0.227. The zero-order valence-corrected chi connectivity index (χ0v) is 12.4. The Morgan fingerprint density at radius 2 is 1.95 bits per heavy atom. The Kier molecular flexibility index (Phi) is 4.23. The highest BCUT2D eigenvalue weighted by molar-refractivity contribution is 5.38. The number of hydrogen-bond donors (Lipinski definition) is 2. The number of fused-ring (bicyclic) bond motifs is 1. The summed E-state index contributed by atoms with van der Waals surface area (Å²) in [5.74, 6) is 7.26. The molecular weight excluding hydrogens is 260 g/mol. The van der Waals surface area contributed by atoms with Gasteiger partial charge in [-0.3, -0.25) is 11.3 Å². The van der Waals surface area contributed by atoms with E-state index in [1.54, 1.807) is 7.11 Å². The number of methoxy groups -OCH3 is 1. The van der Waals surface area contributed by atoms with Crippen molar-refractivity contribution >= 4 is 0 Å². The van der Waals surface area contributed by atoms with Crippen molar-refractivity contribution in [2.24, 2.45) is 5.84 Å². The third-order valence-electron chi connectivity index (χ3n) is 4.51. The Morgan fingerprint density at radius 1 is 1.19 bits per heavy atom. The van der Waals surface area contributed by atoms with Gasteiger partial charge in [-0.05, 0) is 42.0 Å². The smallest absolute Gasteiger partial charge is 0.122 e. The summed E-state index contributed by atoms with van der Waals surface area (Å²) in [5.41, 5.74) is 7.13. The van der Waals surface area contributed by atoms with Gasteiger partial charge in [0.05, 0.1) is 7.11 Å². The molecule has 1 aliphatic rings. The Morgan fingerprint density at radius 3 is 2.76 bits per heavy atom. The van der Waals surface area contributed by atoms with Gasteiger partial charge in [0.15, 0.2) is 0 Å². The van der Waals surface area contributed by atoms with Gasteiger partial charge in [-0.25, -0.2) is 0 Å². The van der Waals surface area contributed by atoms with Crippen molar-refractivity contribution in [3.63, 3.8) is 0 Å². The Bertz CT molecular complexity index is 612. The first-order chi connectivity index (χ1) is 10.3. The normalized spacial score (nSPS) is 18.3. The van der Waals surface area contributed by atoms with Crippen molar-refractivity contribution in [1.29, 1.82) is 0 Å². The first-order valence-corrected chi connectivity index (χ1v) is 7.49. The number of rotatable bonds is 5. The van der Waals surface area contributed by atoms with E-state index in [1.165, 1.54) is 16.7 Å². The lowest BCUT2D eigenvalue weighted by atomic mass is 9.89. The third-order valence-corrected chi connectivity index (χ3v) is 4.51. The molecule has 0 radical (unpaired) electrons. The summed E-state index contributed by atoms with van der Waals surface area (Å²) < 4.78 is 5.45. The lowest BCUT2D eigenvalue weighted by molar-refractivity contribution is 0.394. The van der Waals surface area contributed by atoms with Crippen LogP contribution in [-0.2, 0) is 12.8 Å². The molecule has 3 heteroatoms. The Balaban J connectivity index is 1.83. The van der Waals surface area contributed by atoms with Gasteiger partial charge in [0.2, 0.25) is 0 Å². The highest BCUT2D eigenvalue weighted by Gasteiger charge is 2.29. The monoisotopic (exact) mass is 282 g/mol. The molecule has 0 bridgehead atoms. The molecule has 2 aromatic rings. The molecule has 3 nitrogen and oxygen atoms in total. The maximum atomic E-state index is 5.86. The average Bonchev–Trinajstić information content (AvgIpc) is 2.97. The topological polar surface area (TPSA) is 47.3 Å². The molecule has 0 aliphatic heterocycles. The summed E-state index contributed by atoms with van der Waals surface area (Å²) in [6.07, 6.45) is 3.17. The first kappa shape index (κ1) is 14.1. The Hall–Kier alpha value is -1.84. The van der Waals surface area contributed by atoms with Crippen LogP contribution in [0.2, 0.25) is 0 Å². The fourth-order valence-corrected chi connectivity index (χ4v) is 3.43. The Labute approximate surface area is 126 Å². The second-order valence-corrected chi connectivity index (χ2v) is 5.63. The predicted molar refractivity (Wildman–Crippen MR) is 85.3 cm³/mol. The molecule has 3 rings (SSSR count). The standard InChI is InChI=1S/C18H22N2O/c1-21-18-9-5-3-7-14(18)12-17(20-19)16-11-10-13-6-2-4-8-15(13)16/h2-9,16-17,20H,10-12,19H2,1H3. The van der Waals surface area contributed by atoms with E-state index >= 15 is 0 Å². The van der Waals surface area contributed by atoms with Crippen molar-refractivity contribution in [2.75, 3.05) is 7.11 Å². The average molecular weight is 282 g/mol. The number of nitrogens with one attached hydrogen (secondary N) is 1. The van der Waals surface area contributed by atoms with Crippen LogP contribution in [0.5, 0.6) is 5.75 Å². The molecule has 0 saturated carbocycles. The van der Waals surface area contributed by atoms with Gasteiger partial charge in [-0.2, -0.15) is 0 Å². The summed E-state index contributed by atoms with van der Waals surface area (Å²) in [5, 5.41) is 0. The second-order valence-electron chi connectivity index (χ2n) is 5.63. The second kappa shape index (κ2) is 6.29. The molecule has 1 aliphatic carbocycles. The van der Waals surface area contributed by atoms with Gasteiger partial charge in [0.1, 0.15) is 5.75 Å². The number of aryl methyl sites for hydroxylation is 1. The van der Waals surface area contributed by atoms with Gasteiger partial charge in [-0.15, -0.1) is 0 Å². The number of hydrogen-bond acceptors (Lipinski definition) is 3. The van der Waals surface area contributed by atoms with Gasteiger partial charge >= 0.3 is 0 Å².